The molecule has 0 saturated heterocycles. The van der Waals surface area contributed by atoms with Gasteiger partial charge in [-0.2, -0.15) is 0 Å². The van der Waals surface area contributed by atoms with E-state index in [9.17, 15) is 5.11 Å². The van der Waals surface area contributed by atoms with E-state index in [2.05, 4.69) is 4.98 Å². The van der Waals surface area contributed by atoms with Crippen LogP contribution in [-0.2, 0) is 6.42 Å². The largest absolute Gasteiger partial charge is 0.378 e. The maximum Gasteiger partial charge on any atom is 0.111 e. The minimum atomic E-state index is -0.422. The first kappa shape index (κ1) is 9.16. The van der Waals surface area contributed by atoms with Gasteiger partial charge in [0.2, 0.25) is 0 Å². The lowest BCUT2D eigenvalue weighted by Crippen LogP contribution is -2.29. The molecule has 1 atom stereocenters. The van der Waals surface area contributed by atoms with Crippen molar-refractivity contribution in [3.05, 3.63) is 30.1 Å². The molecule has 1 aromatic rings. The zero-order valence-corrected chi connectivity index (χ0v) is 7.44. The van der Waals surface area contributed by atoms with Crippen LogP contribution in [0.4, 0.5) is 0 Å². The van der Waals surface area contributed by atoms with Gasteiger partial charge < -0.3 is 5.11 Å². The van der Waals surface area contributed by atoms with Gasteiger partial charge in [0, 0.05) is 18.8 Å². The molecule has 0 aliphatic rings. The predicted molar refractivity (Wildman–Crippen MR) is 47.6 cm³/mol. The van der Waals surface area contributed by atoms with Gasteiger partial charge in [0.1, 0.15) is 6.23 Å². The van der Waals surface area contributed by atoms with E-state index < -0.39 is 6.23 Å². The maximum absolute atomic E-state index is 9.48. The Labute approximate surface area is 72.7 Å². The van der Waals surface area contributed by atoms with E-state index in [1.165, 1.54) is 0 Å². The summed E-state index contributed by atoms with van der Waals surface area (Å²) >= 11 is 0. The number of likely N-dealkylation sites (N-methyl/N-ethyl adjacent to an activating group) is 1. The molecule has 1 aromatic heterocycles. The van der Waals surface area contributed by atoms with Gasteiger partial charge in [-0.15, -0.1) is 0 Å². The van der Waals surface area contributed by atoms with Gasteiger partial charge >= 0.3 is 0 Å². The smallest absolute Gasteiger partial charge is 0.111 e. The molecule has 0 saturated carbocycles. The molecular formula is C9H14N2O. The van der Waals surface area contributed by atoms with Crippen LogP contribution in [-0.4, -0.2) is 35.3 Å². The molecule has 1 rings (SSSR count). The van der Waals surface area contributed by atoms with Crippen molar-refractivity contribution in [3.8, 4) is 0 Å². The zero-order chi connectivity index (χ0) is 8.97. The highest BCUT2D eigenvalue weighted by atomic mass is 16.3. The standard InChI is InChI=1S/C9H14N2O/c1-11(2)9(12)6-8-4-3-5-10-7-8/h3-5,7,9,12H,6H2,1-2H3. The fraction of sp³-hybridized carbons (Fsp3) is 0.444. The van der Waals surface area contributed by atoms with E-state index >= 15 is 0 Å². The Bertz CT molecular complexity index is 223. The van der Waals surface area contributed by atoms with Crippen molar-refractivity contribution in [2.45, 2.75) is 12.6 Å². The summed E-state index contributed by atoms with van der Waals surface area (Å²) in [7, 11) is 3.70. The van der Waals surface area contributed by atoms with Crippen LogP contribution in [0.1, 0.15) is 5.56 Å². The average Bonchev–Trinajstić information content (AvgIpc) is 2.06. The van der Waals surface area contributed by atoms with Crippen LogP contribution >= 0.6 is 0 Å². The van der Waals surface area contributed by atoms with E-state index in [1.807, 2.05) is 26.2 Å². The van der Waals surface area contributed by atoms with Gasteiger partial charge in [-0.25, -0.2) is 0 Å². The molecule has 12 heavy (non-hydrogen) atoms. The number of nitrogens with zero attached hydrogens (tertiary/aromatic N) is 2. The van der Waals surface area contributed by atoms with Crippen molar-refractivity contribution >= 4 is 0 Å². The van der Waals surface area contributed by atoms with Crippen molar-refractivity contribution in [1.29, 1.82) is 0 Å². The first-order valence-electron chi connectivity index (χ1n) is 3.93. The van der Waals surface area contributed by atoms with Crippen molar-refractivity contribution in [2.75, 3.05) is 14.1 Å². The van der Waals surface area contributed by atoms with Gasteiger partial charge in [0.25, 0.3) is 0 Å². The second kappa shape index (κ2) is 4.18. The summed E-state index contributed by atoms with van der Waals surface area (Å²) in [5.41, 5.74) is 1.05. The van der Waals surface area contributed by atoms with Gasteiger partial charge in [0.15, 0.2) is 0 Å². The first-order valence-corrected chi connectivity index (χ1v) is 3.93. The third-order valence-corrected chi connectivity index (χ3v) is 1.74. The maximum atomic E-state index is 9.48. The van der Waals surface area contributed by atoms with Crippen molar-refractivity contribution in [1.82, 2.24) is 9.88 Å². The van der Waals surface area contributed by atoms with Gasteiger partial charge in [-0.05, 0) is 25.7 Å². The number of aliphatic hydroxyl groups is 1. The summed E-state index contributed by atoms with van der Waals surface area (Å²) in [4.78, 5) is 5.74. The molecule has 0 spiro atoms. The van der Waals surface area contributed by atoms with Gasteiger partial charge in [-0.1, -0.05) is 6.07 Å². The number of hydrogen-bond donors (Lipinski definition) is 1. The molecular weight excluding hydrogens is 152 g/mol. The van der Waals surface area contributed by atoms with Crippen LogP contribution in [0.25, 0.3) is 0 Å². The summed E-state index contributed by atoms with van der Waals surface area (Å²) in [5, 5.41) is 9.48. The van der Waals surface area contributed by atoms with Gasteiger partial charge in [0.05, 0.1) is 0 Å². The summed E-state index contributed by atoms with van der Waals surface area (Å²) < 4.78 is 0. The third kappa shape index (κ3) is 2.60. The molecule has 0 aliphatic heterocycles. The van der Waals surface area contributed by atoms with E-state index in [-0.39, 0.29) is 0 Å². The topological polar surface area (TPSA) is 36.4 Å². The molecule has 3 nitrogen and oxygen atoms in total. The highest BCUT2D eigenvalue weighted by Gasteiger charge is 2.06. The number of hydrogen-bond acceptors (Lipinski definition) is 3. The van der Waals surface area contributed by atoms with E-state index in [0.717, 1.165) is 5.56 Å². The van der Waals surface area contributed by atoms with Crippen LogP contribution in [0.2, 0.25) is 0 Å². The second-order valence-electron chi connectivity index (χ2n) is 3.01. The lowest BCUT2D eigenvalue weighted by Gasteiger charge is -2.17. The molecule has 3 heteroatoms. The SMILES string of the molecule is CN(C)C(O)Cc1cccnc1. The Hall–Kier alpha value is -0.930. The molecule has 1 heterocycles. The minimum absolute atomic E-state index is 0.422. The highest BCUT2D eigenvalue weighted by molar-refractivity contribution is 5.09. The molecule has 0 aliphatic carbocycles. The molecule has 0 aromatic carbocycles. The molecule has 0 amide bonds. The lowest BCUT2D eigenvalue weighted by atomic mass is 10.2. The summed E-state index contributed by atoms with van der Waals surface area (Å²) in [6, 6.07) is 3.83. The highest BCUT2D eigenvalue weighted by Crippen LogP contribution is 2.01. The average molecular weight is 166 g/mol. The number of aliphatic hydroxyl groups excluding tert-OH is 1. The van der Waals surface area contributed by atoms with Crippen LogP contribution in [0.5, 0.6) is 0 Å². The Kier molecular flexibility index (Phi) is 3.19. The number of pyridine rings is 1. The van der Waals surface area contributed by atoms with Crippen molar-refractivity contribution in [3.63, 3.8) is 0 Å². The monoisotopic (exact) mass is 166 g/mol. The van der Waals surface area contributed by atoms with E-state index in [0.29, 0.717) is 6.42 Å². The normalized spacial score (nSPS) is 13.3. The molecule has 1 N–H and O–H groups in total. The molecule has 0 fully saturated rings. The quantitative estimate of drug-likeness (QED) is 0.664. The van der Waals surface area contributed by atoms with Crippen molar-refractivity contribution < 1.29 is 5.11 Å². The lowest BCUT2D eigenvalue weighted by molar-refractivity contribution is 0.0412. The minimum Gasteiger partial charge on any atom is -0.378 e. The Morgan fingerprint density at radius 3 is 2.83 bits per heavy atom. The van der Waals surface area contributed by atoms with E-state index in [1.54, 1.807) is 17.3 Å². The number of rotatable bonds is 3. The molecule has 66 valence electrons. The second-order valence-corrected chi connectivity index (χ2v) is 3.01. The van der Waals surface area contributed by atoms with Gasteiger partial charge in [-0.3, -0.25) is 9.88 Å². The van der Waals surface area contributed by atoms with Crippen LogP contribution in [0, 0.1) is 0 Å². The fourth-order valence-corrected chi connectivity index (χ4v) is 0.912. The Morgan fingerprint density at radius 2 is 2.33 bits per heavy atom. The van der Waals surface area contributed by atoms with Crippen LogP contribution in [0.15, 0.2) is 24.5 Å². The molecule has 0 bridgehead atoms. The van der Waals surface area contributed by atoms with Crippen LogP contribution in [0.3, 0.4) is 0 Å². The summed E-state index contributed by atoms with van der Waals surface area (Å²) in [6.45, 7) is 0. The third-order valence-electron chi connectivity index (χ3n) is 1.74. The Balaban J connectivity index is 2.53. The molecule has 1 unspecified atom stereocenters. The molecule has 0 radical (unpaired) electrons. The number of aromatic nitrogens is 1. The first-order chi connectivity index (χ1) is 5.70. The summed E-state index contributed by atoms with van der Waals surface area (Å²) in [5.74, 6) is 0. The fourth-order valence-electron chi connectivity index (χ4n) is 0.912. The summed E-state index contributed by atoms with van der Waals surface area (Å²) in [6.07, 6.45) is 3.70. The van der Waals surface area contributed by atoms with Crippen LogP contribution < -0.4 is 0 Å². The Morgan fingerprint density at radius 1 is 1.58 bits per heavy atom. The predicted octanol–water partition coefficient (Wildman–Crippen LogP) is 0.504. The zero-order valence-electron chi connectivity index (χ0n) is 7.44. The van der Waals surface area contributed by atoms with Crippen molar-refractivity contribution in [2.24, 2.45) is 0 Å². The van der Waals surface area contributed by atoms with E-state index in [4.69, 9.17) is 0 Å².